The Labute approximate surface area is 194 Å². The maximum Gasteiger partial charge on any atom is 0.416 e. The lowest BCUT2D eigenvalue weighted by atomic mass is 10.1. The molecule has 0 saturated heterocycles. The molecule has 3 aromatic carbocycles. The van der Waals surface area contributed by atoms with Crippen LogP contribution in [0.1, 0.15) is 16.7 Å². The third-order valence-corrected chi connectivity index (χ3v) is 4.95. The van der Waals surface area contributed by atoms with Gasteiger partial charge in [0.25, 0.3) is 0 Å². The second kappa shape index (κ2) is 8.99. The fourth-order valence-corrected chi connectivity index (χ4v) is 3.22. The lowest BCUT2D eigenvalue weighted by Gasteiger charge is -2.10. The van der Waals surface area contributed by atoms with Gasteiger partial charge < -0.3 is 9.47 Å². The second-order valence-corrected chi connectivity index (χ2v) is 7.33. The molecule has 0 radical (unpaired) electrons. The summed E-state index contributed by atoms with van der Waals surface area (Å²) in [5.74, 6) is -0.816. The molecule has 0 fully saturated rings. The van der Waals surface area contributed by atoms with Crippen LogP contribution >= 0.6 is 11.6 Å². The first-order valence-corrected chi connectivity index (χ1v) is 9.90. The van der Waals surface area contributed by atoms with E-state index in [9.17, 15) is 28.1 Å². The Bertz CT molecular complexity index is 1350. The van der Waals surface area contributed by atoms with E-state index in [0.717, 1.165) is 6.07 Å². The first-order chi connectivity index (χ1) is 16.1. The number of aliphatic imine (C=N–C) groups is 1. The van der Waals surface area contributed by atoms with Crippen molar-refractivity contribution in [3.63, 3.8) is 0 Å². The molecule has 0 spiro atoms. The van der Waals surface area contributed by atoms with Gasteiger partial charge in [0.05, 0.1) is 21.1 Å². The summed E-state index contributed by atoms with van der Waals surface area (Å²) in [7, 11) is 0. The summed E-state index contributed by atoms with van der Waals surface area (Å²) < 4.78 is 49.1. The molecule has 1 heterocycles. The number of carbonyl (C=O) groups is 1. The Kier molecular flexibility index (Phi) is 6.08. The van der Waals surface area contributed by atoms with Crippen molar-refractivity contribution in [1.82, 2.24) is 0 Å². The van der Waals surface area contributed by atoms with Gasteiger partial charge in [-0.15, -0.1) is 0 Å². The molecule has 0 aliphatic carbocycles. The van der Waals surface area contributed by atoms with Gasteiger partial charge in [0, 0.05) is 6.07 Å². The Morgan fingerprint density at radius 1 is 1.06 bits per heavy atom. The molecule has 1 aliphatic heterocycles. The number of nitro benzene ring substituents is 1. The number of halogens is 4. The Morgan fingerprint density at radius 3 is 2.41 bits per heavy atom. The third-order valence-electron chi connectivity index (χ3n) is 4.62. The van der Waals surface area contributed by atoms with E-state index in [2.05, 4.69) is 4.99 Å². The van der Waals surface area contributed by atoms with Gasteiger partial charge in [-0.1, -0.05) is 35.9 Å². The standard InChI is InChI=1S/C23H12ClF3N2O5/c24-17-4-2-1-3-16(17)21-28-18(22(30)34-21)11-13-5-8-15(9-6-13)33-20-10-7-14(23(25,26)27)12-19(20)29(31)32/h1-12H/b18-11-. The number of nitro groups is 1. The second-order valence-electron chi connectivity index (χ2n) is 6.92. The van der Waals surface area contributed by atoms with Gasteiger partial charge >= 0.3 is 17.8 Å². The van der Waals surface area contributed by atoms with Crippen LogP contribution in [0.3, 0.4) is 0 Å². The zero-order chi connectivity index (χ0) is 24.5. The quantitative estimate of drug-likeness (QED) is 0.179. The molecule has 0 saturated carbocycles. The number of carbonyl (C=O) groups excluding carboxylic acids is 1. The van der Waals surface area contributed by atoms with Crippen molar-refractivity contribution in [3.05, 3.63) is 104 Å². The molecule has 172 valence electrons. The van der Waals surface area contributed by atoms with E-state index >= 15 is 0 Å². The molecule has 7 nitrogen and oxygen atoms in total. The molecule has 11 heteroatoms. The fraction of sp³-hybridized carbons (Fsp3) is 0.0435. The largest absolute Gasteiger partial charge is 0.450 e. The van der Waals surface area contributed by atoms with Gasteiger partial charge in [-0.2, -0.15) is 13.2 Å². The number of ether oxygens (including phenoxy) is 2. The minimum absolute atomic E-state index is 0.0296. The van der Waals surface area contributed by atoms with Gasteiger partial charge in [-0.3, -0.25) is 10.1 Å². The highest BCUT2D eigenvalue weighted by molar-refractivity contribution is 6.34. The molecule has 0 unspecified atom stereocenters. The number of cyclic esters (lactones) is 1. The van der Waals surface area contributed by atoms with Crippen LogP contribution in [-0.4, -0.2) is 16.8 Å². The van der Waals surface area contributed by atoms with E-state index in [0.29, 0.717) is 28.3 Å². The topological polar surface area (TPSA) is 91.0 Å². The monoisotopic (exact) mass is 488 g/mol. The van der Waals surface area contributed by atoms with Gasteiger partial charge in [0.15, 0.2) is 5.70 Å². The molecule has 3 aromatic rings. The van der Waals surface area contributed by atoms with E-state index in [4.69, 9.17) is 21.1 Å². The molecular weight excluding hydrogens is 477 g/mol. The summed E-state index contributed by atoms with van der Waals surface area (Å²) in [5, 5.41) is 11.6. The predicted octanol–water partition coefficient (Wildman–Crippen LogP) is 6.40. The van der Waals surface area contributed by atoms with E-state index in [1.165, 1.54) is 30.3 Å². The lowest BCUT2D eigenvalue weighted by molar-refractivity contribution is -0.385. The van der Waals surface area contributed by atoms with E-state index in [-0.39, 0.29) is 23.1 Å². The van der Waals surface area contributed by atoms with Crippen LogP contribution in [0.15, 0.2) is 77.4 Å². The number of nitrogens with zero attached hydrogens (tertiary/aromatic N) is 2. The zero-order valence-corrected chi connectivity index (χ0v) is 17.6. The summed E-state index contributed by atoms with van der Waals surface area (Å²) in [5.41, 5.74) is -0.958. The SMILES string of the molecule is O=C1OC(c2ccccc2Cl)=N/C1=C\c1ccc(Oc2ccc(C(F)(F)F)cc2[N+](=O)[O-])cc1. The molecule has 0 atom stereocenters. The smallest absolute Gasteiger partial charge is 0.416 e. The van der Waals surface area contributed by atoms with E-state index in [1.807, 2.05) is 0 Å². The van der Waals surface area contributed by atoms with Crippen LogP contribution < -0.4 is 4.74 Å². The Balaban J connectivity index is 1.55. The summed E-state index contributed by atoms with van der Waals surface area (Å²) in [4.78, 5) is 26.6. The summed E-state index contributed by atoms with van der Waals surface area (Å²) in [6.45, 7) is 0. The first-order valence-electron chi connectivity index (χ1n) is 9.53. The number of alkyl halides is 3. The summed E-state index contributed by atoms with van der Waals surface area (Å²) in [6.07, 6.45) is -3.27. The summed E-state index contributed by atoms with van der Waals surface area (Å²) >= 11 is 6.10. The highest BCUT2D eigenvalue weighted by atomic mass is 35.5. The molecular formula is C23H12ClF3N2O5. The van der Waals surface area contributed by atoms with Crippen molar-refractivity contribution in [2.24, 2.45) is 4.99 Å². The average molecular weight is 489 g/mol. The average Bonchev–Trinajstić information content (AvgIpc) is 3.14. The van der Waals surface area contributed by atoms with Crippen LogP contribution in [0.5, 0.6) is 11.5 Å². The fourth-order valence-electron chi connectivity index (χ4n) is 3.00. The van der Waals surface area contributed by atoms with Crippen LogP contribution in [0.2, 0.25) is 5.02 Å². The highest BCUT2D eigenvalue weighted by Gasteiger charge is 2.33. The van der Waals surface area contributed by atoms with Crippen LogP contribution in [0.4, 0.5) is 18.9 Å². The number of hydrogen-bond donors (Lipinski definition) is 0. The lowest BCUT2D eigenvalue weighted by Crippen LogP contribution is -2.06. The summed E-state index contributed by atoms with van der Waals surface area (Å²) in [6, 6.07) is 14.7. The van der Waals surface area contributed by atoms with Gasteiger partial charge in [0.2, 0.25) is 11.6 Å². The van der Waals surface area contributed by atoms with Gasteiger partial charge in [-0.05, 0) is 48.0 Å². The number of esters is 1. The molecule has 0 N–H and O–H groups in total. The maximum absolute atomic E-state index is 12.9. The predicted molar refractivity (Wildman–Crippen MR) is 117 cm³/mol. The first kappa shape index (κ1) is 23.0. The number of benzene rings is 3. The molecule has 1 aliphatic rings. The van der Waals surface area contributed by atoms with E-state index < -0.39 is 28.3 Å². The molecule has 0 amide bonds. The minimum atomic E-state index is -4.73. The Morgan fingerprint density at radius 2 is 1.76 bits per heavy atom. The van der Waals surface area contributed by atoms with Gasteiger partial charge in [-0.25, -0.2) is 9.79 Å². The molecule has 0 bridgehead atoms. The third kappa shape index (κ3) is 4.91. The van der Waals surface area contributed by atoms with Crippen LogP contribution in [-0.2, 0) is 15.7 Å². The van der Waals surface area contributed by atoms with Crippen LogP contribution in [0.25, 0.3) is 6.08 Å². The van der Waals surface area contributed by atoms with Crippen LogP contribution in [0, 0.1) is 10.1 Å². The normalized spacial score (nSPS) is 14.6. The van der Waals surface area contributed by atoms with E-state index in [1.54, 1.807) is 24.3 Å². The number of hydrogen-bond acceptors (Lipinski definition) is 6. The van der Waals surface area contributed by atoms with Crippen molar-refractivity contribution < 1.29 is 32.4 Å². The highest BCUT2D eigenvalue weighted by Crippen LogP contribution is 2.38. The molecule has 4 rings (SSSR count). The number of rotatable bonds is 5. The molecule has 0 aromatic heterocycles. The van der Waals surface area contributed by atoms with Gasteiger partial charge in [0.1, 0.15) is 5.75 Å². The zero-order valence-electron chi connectivity index (χ0n) is 16.9. The van der Waals surface area contributed by atoms with Crippen molar-refractivity contribution in [3.8, 4) is 11.5 Å². The van der Waals surface area contributed by atoms with Crippen molar-refractivity contribution in [1.29, 1.82) is 0 Å². The van der Waals surface area contributed by atoms with Crippen molar-refractivity contribution in [2.45, 2.75) is 6.18 Å². The maximum atomic E-state index is 12.9. The Hall–Kier alpha value is -4.18. The minimum Gasteiger partial charge on any atom is -0.450 e. The van der Waals surface area contributed by atoms with Crippen molar-refractivity contribution in [2.75, 3.05) is 0 Å². The molecule has 34 heavy (non-hydrogen) atoms. The van der Waals surface area contributed by atoms with Crippen molar-refractivity contribution >= 4 is 35.2 Å².